The maximum atomic E-state index is 5.64. The van der Waals surface area contributed by atoms with Crippen LogP contribution in [-0.4, -0.2) is 24.0 Å². The third kappa shape index (κ3) is 3.92. The van der Waals surface area contributed by atoms with E-state index in [0.717, 1.165) is 33.8 Å². The summed E-state index contributed by atoms with van der Waals surface area (Å²) in [6.45, 7) is 1.63. The predicted molar refractivity (Wildman–Crippen MR) is 82.4 cm³/mol. The first-order chi connectivity index (χ1) is 9.08. The van der Waals surface area contributed by atoms with Crippen LogP contribution < -0.4 is 10.5 Å². The van der Waals surface area contributed by atoms with Gasteiger partial charge in [0.2, 0.25) is 0 Å². The molecule has 0 spiro atoms. The van der Waals surface area contributed by atoms with Crippen LogP contribution in [0.5, 0.6) is 5.75 Å². The van der Waals surface area contributed by atoms with Crippen molar-refractivity contribution in [3.8, 4) is 5.75 Å². The van der Waals surface area contributed by atoms with Crippen LogP contribution in [0.1, 0.15) is 10.4 Å². The summed E-state index contributed by atoms with van der Waals surface area (Å²) >= 11 is 5.01. The standard InChI is InChI=1S/C13H16BrN3OS/c1-17(8-11-6-16-13(15)19-11)7-9-5-10(14)3-4-12(9)18-2/h3-6H,7-8H2,1-2H3,(H2,15,16). The van der Waals surface area contributed by atoms with Crippen molar-refractivity contribution in [1.29, 1.82) is 0 Å². The third-order valence-electron chi connectivity index (χ3n) is 2.68. The number of hydrogen-bond donors (Lipinski definition) is 1. The predicted octanol–water partition coefficient (Wildman–Crippen LogP) is 3.13. The Labute approximate surface area is 125 Å². The number of halogens is 1. The highest BCUT2D eigenvalue weighted by molar-refractivity contribution is 9.10. The number of methoxy groups -OCH3 is 1. The molecule has 1 aromatic heterocycles. The Morgan fingerprint density at radius 2 is 2.21 bits per heavy atom. The quantitative estimate of drug-likeness (QED) is 0.907. The zero-order chi connectivity index (χ0) is 13.8. The van der Waals surface area contributed by atoms with Crippen molar-refractivity contribution in [3.63, 3.8) is 0 Å². The minimum Gasteiger partial charge on any atom is -0.496 e. The number of aromatic nitrogens is 1. The highest BCUT2D eigenvalue weighted by Crippen LogP contribution is 2.25. The van der Waals surface area contributed by atoms with Gasteiger partial charge in [0.1, 0.15) is 5.75 Å². The zero-order valence-electron chi connectivity index (χ0n) is 10.9. The second-order valence-corrected chi connectivity index (χ2v) is 6.36. The van der Waals surface area contributed by atoms with Gasteiger partial charge >= 0.3 is 0 Å². The second kappa shape index (κ2) is 6.36. The first kappa shape index (κ1) is 14.3. The third-order valence-corrected chi connectivity index (χ3v) is 3.98. The van der Waals surface area contributed by atoms with E-state index in [4.69, 9.17) is 10.5 Å². The second-order valence-electron chi connectivity index (χ2n) is 4.29. The number of benzene rings is 1. The van der Waals surface area contributed by atoms with E-state index in [1.807, 2.05) is 18.3 Å². The van der Waals surface area contributed by atoms with E-state index in [1.165, 1.54) is 11.3 Å². The van der Waals surface area contributed by atoms with Crippen molar-refractivity contribution >= 4 is 32.4 Å². The molecule has 0 saturated heterocycles. The normalized spacial score (nSPS) is 10.9. The Kier molecular flexibility index (Phi) is 4.79. The Bertz CT molecular complexity index is 559. The minimum atomic E-state index is 0.614. The number of nitrogen functional groups attached to an aromatic ring is 1. The summed E-state index contributed by atoms with van der Waals surface area (Å²) in [5.41, 5.74) is 6.78. The van der Waals surface area contributed by atoms with Gasteiger partial charge in [-0.3, -0.25) is 4.90 Å². The summed E-state index contributed by atoms with van der Waals surface area (Å²) in [5, 5.41) is 0.614. The average molecular weight is 342 g/mol. The number of thiazole rings is 1. The fourth-order valence-corrected chi connectivity index (χ4v) is 3.05. The number of hydrogen-bond acceptors (Lipinski definition) is 5. The minimum absolute atomic E-state index is 0.614. The van der Waals surface area contributed by atoms with Gasteiger partial charge in [-0.05, 0) is 25.2 Å². The number of nitrogens with zero attached hydrogens (tertiary/aromatic N) is 2. The van der Waals surface area contributed by atoms with E-state index in [0.29, 0.717) is 5.13 Å². The molecule has 1 aromatic carbocycles. The maximum Gasteiger partial charge on any atom is 0.180 e. The van der Waals surface area contributed by atoms with Gasteiger partial charge in [0.05, 0.1) is 7.11 Å². The topological polar surface area (TPSA) is 51.4 Å². The van der Waals surface area contributed by atoms with Crippen LogP contribution in [0.4, 0.5) is 5.13 Å². The largest absolute Gasteiger partial charge is 0.496 e. The highest BCUT2D eigenvalue weighted by atomic mass is 79.9. The molecule has 0 fully saturated rings. The molecule has 0 aliphatic rings. The molecule has 0 aliphatic carbocycles. The molecular weight excluding hydrogens is 326 g/mol. The van der Waals surface area contributed by atoms with E-state index in [9.17, 15) is 0 Å². The van der Waals surface area contributed by atoms with Gasteiger partial charge in [-0.2, -0.15) is 0 Å². The van der Waals surface area contributed by atoms with Gasteiger partial charge < -0.3 is 10.5 Å². The lowest BCUT2D eigenvalue weighted by Gasteiger charge is -2.17. The lowest BCUT2D eigenvalue weighted by Crippen LogP contribution is -2.17. The van der Waals surface area contributed by atoms with Crippen LogP contribution in [-0.2, 0) is 13.1 Å². The number of ether oxygens (including phenoxy) is 1. The molecule has 0 atom stereocenters. The molecule has 2 rings (SSSR count). The molecule has 0 aliphatic heterocycles. The highest BCUT2D eigenvalue weighted by Gasteiger charge is 2.09. The van der Waals surface area contributed by atoms with E-state index in [1.54, 1.807) is 7.11 Å². The Morgan fingerprint density at radius 1 is 1.42 bits per heavy atom. The van der Waals surface area contributed by atoms with E-state index >= 15 is 0 Å². The molecule has 2 N–H and O–H groups in total. The van der Waals surface area contributed by atoms with Gasteiger partial charge in [-0.1, -0.05) is 15.9 Å². The summed E-state index contributed by atoms with van der Waals surface area (Å²) < 4.78 is 6.43. The van der Waals surface area contributed by atoms with Gasteiger partial charge in [-0.25, -0.2) is 4.98 Å². The van der Waals surface area contributed by atoms with Crippen molar-refractivity contribution in [2.45, 2.75) is 13.1 Å². The number of rotatable bonds is 5. The Hall–Kier alpha value is -1.11. The van der Waals surface area contributed by atoms with Crippen molar-refractivity contribution in [2.24, 2.45) is 0 Å². The molecule has 0 radical (unpaired) electrons. The van der Waals surface area contributed by atoms with Crippen molar-refractivity contribution < 1.29 is 4.74 Å². The van der Waals surface area contributed by atoms with E-state index < -0.39 is 0 Å². The van der Waals surface area contributed by atoms with Crippen molar-refractivity contribution in [3.05, 3.63) is 39.3 Å². The molecule has 2 aromatic rings. The SMILES string of the molecule is COc1ccc(Br)cc1CN(C)Cc1cnc(N)s1. The van der Waals surface area contributed by atoms with E-state index in [2.05, 4.69) is 38.9 Å². The Balaban J connectivity index is 2.05. The molecule has 102 valence electrons. The van der Waals surface area contributed by atoms with Crippen LogP contribution in [0.2, 0.25) is 0 Å². The monoisotopic (exact) mass is 341 g/mol. The first-order valence-electron chi connectivity index (χ1n) is 5.79. The summed E-state index contributed by atoms with van der Waals surface area (Å²) in [6, 6.07) is 6.03. The van der Waals surface area contributed by atoms with Crippen LogP contribution >= 0.6 is 27.3 Å². The lowest BCUT2D eigenvalue weighted by molar-refractivity contribution is 0.312. The summed E-state index contributed by atoms with van der Waals surface area (Å²) in [5.74, 6) is 0.902. The van der Waals surface area contributed by atoms with E-state index in [-0.39, 0.29) is 0 Å². The molecule has 0 unspecified atom stereocenters. The molecule has 1 heterocycles. The van der Waals surface area contributed by atoms with Gasteiger partial charge in [0.15, 0.2) is 5.13 Å². The average Bonchev–Trinajstić information content (AvgIpc) is 2.75. The number of nitrogens with two attached hydrogens (primary N) is 1. The number of anilines is 1. The maximum absolute atomic E-state index is 5.64. The summed E-state index contributed by atoms with van der Waals surface area (Å²) in [4.78, 5) is 7.43. The summed E-state index contributed by atoms with van der Waals surface area (Å²) in [6.07, 6.45) is 1.83. The Morgan fingerprint density at radius 3 is 2.84 bits per heavy atom. The van der Waals surface area contributed by atoms with Crippen LogP contribution in [0, 0.1) is 0 Å². The fourth-order valence-electron chi connectivity index (χ4n) is 1.88. The molecule has 0 bridgehead atoms. The van der Waals surface area contributed by atoms with Gasteiger partial charge in [0.25, 0.3) is 0 Å². The van der Waals surface area contributed by atoms with Gasteiger partial charge in [-0.15, -0.1) is 11.3 Å². The summed E-state index contributed by atoms with van der Waals surface area (Å²) in [7, 11) is 3.76. The fraction of sp³-hybridized carbons (Fsp3) is 0.308. The molecule has 0 amide bonds. The van der Waals surface area contributed by atoms with Crippen molar-refractivity contribution in [2.75, 3.05) is 19.9 Å². The lowest BCUT2D eigenvalue weighted by atomic mass is 10.2. The zero-order valence-corrected chi connectivity index (χ0v) is 13.3. The van der Waals surface area contributed by atoms with Gasteiger partial charge in [0, 0.05) is 34.2 Å². The van der Waals surface area contributed by atoms with Crippen LogP contribution in [0.15, 0.2) is 28.9 Å². The molecule has 4 nitrogen and oxygen atoms in total. The molecule has 0 saturated carbocycles. The molecule has 6 heteroatoms. The van der Waals surface area contributed by atoms with Crippen molar-refractivity contribution in [1.82, 2.24) is 9.88 Å². The molecule has 19 heavy (non-hydrogen) atoms. The smallest absolute Gasteiger partial charge is 0.180 e. The van der Waals surface area contributed by atoms with Crippen LogP contribution in [0.25, 0.3) is 0 Å². The molecular formula is C13H16BrN3OS. The van der Waals surface area contributed by atoms with Crippen LogP contribution in [0.3, 0.4) is 0 Å². The first-order valence-corrected chi connectivity index (χ1v) is 7.40.